The van der Waals surface area contributed by atoms with Crippen molar-refractivity contribution in [3.05, 3.63) is 29.8 Å². The van der Waals surface area contributed by atoms with Gasteiger partial charge in [-0.3, -0.25) is 0 Å². The van der Waals surface area contributed by atoms with Crippen molar-refractivity contribution in [1.82, 2.24) is 10.6 Å². The summed E-state index contributed by atoms with van der Waals surface area (Å²) in [5.41, 5.74) is 6.62. The zero-order valence-electron chi connectivity index (χ0n) is 15.4. The first-order valence-corrected chi connectivity index (χ1v) is 8.40. The largest absolute Gasteiger partial charge is 0.445 e. The first-order chi connectivity index (χ1) is 11.7. The number of carbonyl (C=O) groups excluding carboxylic acids is 2. The molecule has 1 atom stereocenters. The van der Waals surface area contributed by atoms with Gasteiger partial charge in [-0.15, -0.1) is 0 Å². The average molecular weight is 351 g/mol. The van der Waals surface area contributed by atoms with E-state index < -0.39 is 17.8 Å². The lowest BCUT2D eigenvalue weighted by Crippen LogP contribution is -2.38. The molecular weight excluding hydrogens is 322 g/mol. The minimum absolute atomic E-state index is 0.0394. The maximum absolute atomic E-state index is 11.6. The second kappa shape index (κ2) is 9.76. The van der Waals surface area contributed by atoms with E-state index in [9.17, 15) is 9.59 Å². The van der Waals surface area contributed by atoms with Gasteiger partial charge < -0.3 is 25.8 Å². The maximum Gasteiger partial charge on any atom is 0.407 e. The van der Waals surface area contributed by atoms with E-state index >= 15 is 0 Å². The summed E-state index contributed by atoms with van der Waals surface area (Å²) < 4.78 is 10.3. The molecule has 1 aromatic rings. The first-order valence-electron chi connectivity index (χ1n) is 8.40. The van der Waals surface area contributed by atoms with Crippen LogP contribution >= 0.6 is 0 Å². The molecule has 4 N–H and O–H groups in total. The Bertz CT molecular complexity index is 552. The molecule has 140 valence electrons. The molecule has 0 saturated carbocycles. The Morgan fingerprint density at radius 1 is 1.16 bits per heavy atom. The number of benzene rings is 1. The summed E-state index contributed by atoms with van der Waals surface area (Å²) in [5.74, 6) is 0. The average Bonchev–Trinajstić information content (AvgIpc) is 2.49. The molecule has 0 fully saturated rings. The summed E-state index contributed by atoms with van der Waals surface area (Å²) in [7, 11) is 0. The normalized spacial score (nSPS) is 12.2. The summed E-state index contributed by atoms with van der Waals surface area (Å²) in [5, 5.41) is 5.44. The number of hydrogen-bond donors (Lipinski definition) is 3. The lowest BCUT2D eigenvalue weighted by Gasteiger charge is -2.22. The van der Waals surface area contributed by atoms with Crippen molar-refractivity contribution in [2.24, 2.45) is 0 Å². The van der Waals surface area contributed by atoms with Gasteiger partial charge in [0.2, 0.25) is 0 Å². The van der Waals surface area contributed by atoms with Gasteiger partial charge in [0, 0.05) is 18.3 Å². The molecule has 25 heavy (non-hydrogen) atoms. The Kier molecular flexibility index (Phi) is 8.04. The predicted octanol–water partition coefficient (Wildman–Crippen LogP) is 3.19. The molecule has 0 aliphatic heterocycles. The first kappa shape index (κ1) is 20.6. The minimum atomic E-state index is -0.514. The maximum atomic E-state index is 11.6. The smallest absolute Gasteiger partial charge is 0.407 e. The van der Waals surface area contributed by atoms with Crippen LogP contribution in [0.15, 0.2) is 24.3 Å². The predicted molar refractivity (Wildman–Crippen MR) is 97.1 cm³/mol. The molecule has 7 nitrogen and oxygen atoms in total. The second-order valence-electron chi connectivity index (χ2n) is 6.93. The van der Waals surface area contributed by atoms with Gasteiger partial charge in [-0.2, -0.15) is 0 Å². The van der Waals surface area contributed by atoms with Crippen molar-refractivity contribution < 1.29 is 19.1 Å². The molecule has 0 spiro atoms. The number of rotatable bonds is 7. The third-order valence-electron chi connectivity index (χ3n) is 3.20. The number of hydrogen-bond acceptors (Lipinski definition) is 5. The molecule has 0 radical (unpaired) electrons. The van der Waals surface area contributed by atoms with E-state index in [0.29, 0.717) is 18.7 Å². The zero-order valence-corrected chi connectivity index (χ0v) is 15.4. The number of amides is 2. The van der Waals surface area contributed by atoms with E-state index in [1.165, 1.54) is 0 Å². The van der Waals surface area contributed by atoms with Crippen molar-refractivity contribution in [2.75, 3.05) is 12.3 Å². The summed E-state index contributed by atoms with van der Waals surface area (Å²) in [6.45, 7) is 8.01. The Hall–Kier alpha value is -2.44. The van der Waals surface area contributed by atoms with Gasteiger partial charge in [-0.25, -0.2) is 9.59 Å². The fourth-order valence-electron chi connectivity index (χ4n) is 1.99. The highest BCUT2D eigenvalue weighted by atomic mass is 16.6. The molecule has 0 aromatic heterocycles. The van der Waals surface area contributed by atoms with Gasteiger partial charge in [0.25, 0.3) is 0 Å². The fourth-order valence-corrected chi connectivity index (χ4v) is 1.99. The van der Waals surface area contributed by atoms with Crippen LogP contribution in [0.25, 0.3) is 0 Å². The molecule has 0 aliphatic rings. The molecule has 1 rings (SSSR count). The number of ether oxygens (including phenoxy) is 2. The van der Waals surface area contributed by atoms with Crippen LogP contribution in [0.3, 0.4) is 0 Å². The summed E-state index contributed by atoms with van der Waals surface area (Å²) in [6, 6.07) is 7.10. The number of alkyl carbamates (subject to hydrolysis) is 2. The van der Waals surface area contributed by atoms with Crippen LogP contribution in [0.4, 0.5) is 15.3 Å². The number of nitrogens with one attached hydrogen (secondary N) is 2. The monoisotopic (exact) mass is 351 g/mol. The molecule has 7 heteroatoms. The fraction of sp³-hybridized carbons (Fsp3) is 0.556. The third kappa shape index (κ3) is 10.1. The van der Waals surface area contributed by atoms with Gasteiger partial charge in [-0.05, 0) is 58.2 Å². The Balaban J connectivity index is 2.12. The van der Waals surface area contributed by atoms with E-state index in [1.54, 1.807) is 12.1 Å². The molecule has 0 heterocycles. The van der Waals surface area contributed by atoms with Crippen LogP contribution in [0, 0.1) is 0 Å². The van der Waals surface area contributed by atoms with Crippen molar-refractivity contribution in [3.63, 3.8) is 0 Å². The highest BCUT2D eigenvalue weighted by molar-refractivity contribution is 5.68. The highest BCUT2D eigenvalue weighted by Crippen LogP contribution is 2.08. The van der Waals surface area contributed by atoms with Gasteiger partial charge in [0.15, 0.2) is 0 Å². The van der Waals surface area contributed by atoms with E-state index in [-0.39, 0.29) is 12.6 Å². The lowest BCUT2D eigenvalue weighted by atomic mass is 10.2. The highest BCUT2D eigenvalue weighted by Gasteiger charge is 2.17. The van der Waals surface area contributed by atoms with Crippen molar-refractivity contribution in [2.45, 2.75) is 58.8 Å². The van der Waals surface area contributed by atoms with Gasteiger partial charge in [-0.1, -0.05) is 12.1 Å². The zero-order chi connectivity index (χ0) is 18.9. The summed E-state index contributed by atoms with van der Waals surface area (Å²) >= 11 is 0. The van der Waals surface area contributed by atoms with Crippen molar-refractivity contribution in [3.8, 4) is 0 Å². The van der Waals surface area contributed by atoms with Crippen LogP contribution in [-0.4, -0.2) is 30.4 Å². The second-order valence-corrected chi connectivity index (χ2v) is 6.93. The molecule has 0 bridgehead atoms. The van der Waals surface area contributed by atoms with Gasteiger partial charge >= 0.3 is 12.2 Å². The van der Waals surface area contributed by atoms with Crippen LogP contribution in [-0.2, 0) is 16.1 Å². The Labute approximate surface area is 149 Å². The van der Waals surface area contributed by atoms with Crippen LogP contribution < -0.4 is 16.4 Å². The SMILES string of the molecule is CC(CCCNC(=O)OCc1ccc(N)cc1)NC(=O)OC(C)(C)C. The Morgan fingerprint density at radius 3 is 2.40 bits per heavy atom. The molecule has 0 aliphatic carbocycles. The van der Waals surface area contributed by atoms with E-state index in [2.05, 4.69) is 10.6 Å². The topological polar surface area (TPSA) is 103 Å². The number of nitrogens with two attached hydrogens (primary N) is 1. The molecule has 0 saturated heterocycles. The number of anilines is 1. The number of carbonyl (C=O) groups is 2. The van der Waals surface area contributed by atoms with Crippen molar-refractivity contribution in [1.29, 1.82) is 0 Å². The van der Waals surface area contributed by atoms with Crippen LogP contribution in [0.2, 0.25) is 0 Å². The van der Waals surface area contributed by atoms with Crippen LogP contribution in [0.1, 0.15) is 46.1 Å². The standard InChI is InChI=1S/C18H29N3O4/c1-13(21-17(23)25-18(2,3)4)6-5-11-20-16(22)24-12-14-7-9-15(19)10-8-14/h7-10,13H,5-6,11-12,19H2,1-4H3,(H,20,22)(H,21,23). The Morgan fingerprint density at radius 2 is 1.80 bits per heavy atom. The van der Waals surface area contributed by atoms with Crippen LogP contribution in [0.5, 0.6) is 0 Å². The third-order valence-corrected chi connectivity index (χ3v) is 3.20. The summed E-state index contributed by atoms with van der Waals surface area (Å²) in [4.78, 5) is 23.2. The van der Waals surface area contributed by atoms with E-state index in [4.69, 9.17) is 15.2 Å². The van der Waals surface area contributed by atoms with Gasteiger partial charge in [0.1, 0.15) is 12.2 Å². The molecule has 1 unspecified atom stereocenters. The lowest BCUT2D eigenvalue weighted by molar-refractivity contribution is 0.0505. The van der Waals surface area contributed by atoms with E-state index in [1.807, 2.05) is 39.8 Å². The molecule has 2 amide bonds. The number of nitrogen functional groups attached to an aromatic ring is 1. The van der Waals surface area contributed by atoms with E-state index in [0.717, 1.165) is 12.0 Å². The van der Waals surface area contributed by atoms with Crippen molar-refractivity contribution >= 4 is 17.9 Å². The quantitative estimate of drug-likeness (QED) is 0.517. The minimum Gasteiger partial charge on any atom is -0.445 e. The van der Waals surface area contributed by atoms with Gasteiger partial charge in [0.05, 0.1) is 0 Å². The summed E-state index contributed by atoms with van der Waals surface area (Å²) in [6.07, 6.45) is 0.534. The molecule has 1 aromatic carbocycles. The molecular formula is C18H29N3O4.